The molecule has 8 nitrogen and oxygen atoms in total. The highest BCUT2D eigenvalue weighted by atomic mass is 32.2. The van der Waals surface area contributed by atoms with Gasteiger partial charge in [0.25, 0.3) is 0 Å². The topological polar surface area (TPSA) is 133 Å². The molecule has 3 unspecified atom stereocenters. The molecule has 0 bridgehead atoms. The molecule has 0 amide bonds. The van der Waals surface area contributed by atoms with Crippen molar-refractivity contribution in [1.82, 2.24) is 5.16 Å². The first kappa shape index (κ1) is 19.1. The molecule has 0 saturated heterocycles. The third-order valence-electron chi connectivity index (χ3n) is 4.10. The van der Waals surface area contributed by atoms with Gasteiger partial charge in [-0.15, -0.1) is 0 Å². The first-order valence-corrected chi connectivity index (χ1v) is 10.1. The van der Waals surface area contributed by atoms with Crippen molar-refractivity contribution in [2.24, 2.45) is 0 Å². The Morgan fingerprint density at radius 3 is 2.69 bits per heavy atom. The molecule has 0 radical (unpaired) electrons. The molecule has 0 N–H and O–H groups in total. The monoisotopic (exact) mass is 397 g/mol. The lowest BCUT2D eigenvalue weighted by molar-refractivity contribution is 0.103. The minimum absolute atomic E-state index is 0.171. The maximum absolute atomic E-state index is 13.0. The number of aromatic nitrogens is 1. The Labute approximate surface area is 154 Å². The van der Waals surface area contributed by atoms with E-state index in [1.807, 2.05) is 0 Å². The summed E-state index contributed by atoms with van der Waals surface area (Å²) in [4.78, 5) is 13.0. The summed E-state index contributed by atoms with van der Waals surface area (Å²) >= 11 is -5.11. The fraction of sp³-hybridized carbons (Fsp3) is 0.375. The van der Waals surface area contributed by atoms with E-state index >= 15 is 0 Å². The van der Waals surface area contributed by atoms with Gasteiger partial charge in [0.15, 0.2) is 11.5 Å². The van der Waals surface area contributed by atoms with Crippen molar-refractivity contribution < 1.29 is 31.0 Å². The zero-order chi connectivity index (χ0) is 18.8. The Bertz CT molecular complexity index is 875. The van der Waals surface area contributed by atoms with Crippen molar-refractivity contribution in [3.05, 3.63) is 52.4 Å². The van der Waals surface area contributed by atoms with Crippen LogP contribution in [0.1, 0.15) is 64.6 Å². The number of hydrogen-bond donors (Lipinski definition) is 0. The highest BCUT2D eigenvalue weighted by molar-refractivity contribution is 7.78. The molecule has 1 aliphatic rings. The number of carbonyl (C=O) groups excluding carboxylic acids is 1. The number of carbonyl (C=O) groups is 1. The Hall–Kier alpha value is -1.72. The SMILES string of the molecule is CC(OS(=O)[O-])c1cc(CS(=O)[O-])ccc1C(=O)c1cnoc1C1CC1. The zero-order valence-electron chi connectivity index (χ0n) is 13.7. The van der Waals surface area contributed by atoms with Crippen LogP contribution in [0.4, 0.5) is 0 Å². The highest BCUT2D eigenvalue weighted by Crippen LogP contribution is 2.42. The molecule has 1 aromatic heterocycles. The van der Waals surface area contributed by atoms with Crippen LogP contribution in [0.3, 0.4) is 0 Å². The standard InChI is InChI=1S/C16H17NO7S2/c1-9(24-26(21)22)13-6-10(8-25(19)20)2-5-12(13)15(18)14-7-17-23-16(14)11-3-4-11/h2,5-7,9,11H,3-4,8H2,1H3,(H,19,20)(H,21,22)/p-2. The van der Waals surface area contributed by atoms with E-state index in [1.54, 1.807) is 0 Å². The van der Waals surface area contributed by atoms with E-state index in [2.05, 4.69) is 5.16 Å². The average Bonchev–Trinajstić information content (AvgIpc) is 3.30. The van der Waals surface area contributed by atoms with Gasteiger partial charge in [0.2, 0.25) is 0 Å². The van der Waals surface area contributed by atoms with Gasteiger partial charge in [-0.1, -0.05) is 34.4 Å². The number of ketones is 1. The van der Waals surface area contributed by atoms with Gasteiger partial charge < -0.3 is 13.6 Å². The molecule has 26 heavy (non-hydrogen) atoms. The van der Waals surface area contributed by atoms with Crippen LogP contribution < -0.4 is 0 Å². The van der Waals surface area contributed by atoms with Gasteiger partial charge in [0.05, 0.1) is 29.2 Å². The van der Waals surface area contributed by atoms with Crippen LogP contribution in [0, 0.1) is 0 Å². The maximum Gasteiger partial charge on any atom is 0.198 e. The first-order valence-electron chi connectivity index (χ1n) is 7.81. The molecule has 1 heterocycles. The van der Waals surface area contributed by atoms with E-state index in [-0.39, 0.29) is 28.6 Å². The van der Waals surface area contributed by atoms with Crippen molar-refractivity contribution in [3.63, 3.8) is 0 Å². The van der Waals surface area contributed by atoms with E-state index in [0.717, 1.165) is 12.8 Å². The fourth-order valence-corrected chi connectivity index (χ4v) is 3.55. The van der Waals surface area contributed by atoms with Gasteiger partial charge in [-0.3, -0.25) is 13.2 Å². The second-order valence-electron chi connectivity index (χ2n) is 6.02. The highest BCUT2D eigenvalue weighted by Gasteiger charge is 2.33. The molecule has 0 spiro atoms. The largest absolute Gasteiger partial charge is 0.772 e. The van der Waals surface area contributed by atoms with Crippen LogP contribution in [-0.2, 0) is 32.4 Å². The fourth-order valence-electron chi connectivity index (χ4n) is 2.76. The van der Waals surface area contributed by atoms with Crippen molar-refractivity contribution in [2.45, 2.75) is 37.5 Å². The summed E-state index contributed by atoms with van der Waals surface area (Å²) in [6.45, 7) is 1.47. The summed E-state index contributed by atoms with van der Waals surface area (Å²) in [5.74, 6) is 0.0662. The minimum atomic E-state index is -2.79. The Balaban J connectivity index is 2.01. The van der Waals surface area contributed by atoms with E-state index < -0.39 is 28.5 Å². The molecule has 3 atom stereocenters. The van der Waals surface area contributed by atoms with Crippen molar-refractivity contribution in [3.8, 4) is 0 Å². The van der Waals surface area contributed by atoms with E-state index in [9.17, 15) is 22.3 Å². The summed E-state index contributed by atoms with van der Waals surface area (Å²) in [5, 5.41) is 3.70. The molecule has 2 aromatic rings. The minimum Gasteiger partial charge on any atom is -0.772 e. The predicted octanol–water partition coefficient (Wildman–Crippen LogP) is 2.03. The Morgan fingerprint density at radius 1 is 1.35 bits per heavy atom. The Kier molecular flexibility index (Phi) is 5.78. The van der Waals surface area contributed by atoms with E-state index in [4.69, 9.17) is 8.71 Å². The van der Waals surface area contributed by atoms with Gasteiger partial charge in [0, 0.05) is 17.2 Å². The quantitative estimate of drug-likeness (QED) is 0.488. The normalized spacial score (nSPS) is 17.7. The lowest BCUT2D eigenvalue weighted by Crippen LogP contribution is -2.12. The van der Waals surface area contributed by atoms with Gasteiger partial charge in [-0.2, -0.15) is 0 Å². The first-order chi connectivity index (χ1) is 12.4. The van der Waals surface area contributed by atoms with Crippen LogP contribution in [0.25, 0.3) is 0 Å². The van der Waals surface area contributed by atoms with Gasteiger partial charge >= 0.3 is 0 Å². The van der Waals surface area contributed by atoms with Crippen molar-refractivity contribution in [1.29, 1.82) is 0 Å². The molecule has 1 saturated carbocycles. The summed E-state index contributed by atoms with van der Waals surface area (Å²) in [6, 6.07) is 4.44. The summed E-state index contributed by atoms with van der Waals surface area (Å²) in [7, 11) is 0. The van der Waals surface area contributed by atoms with Gasteiger partial charge in [0.1, 0.15) is 0 Å². The third-order valence-corrected chi connectivity index (χ3v) is 5.11. The number of nitrogens with zero attached hydrogens (tertiary/aromatic N) is 1. The third kappa shape index (κ3) is 4.33. The second-order valence-corrected chi connectivity index (χ2v) is 7.52. The lowest BCUT2D eigenvalue weighted by Gasteiger charge is -2.19. The molecular weight excluding hydrogens is 382 g/mol. The molecule has 3 rings (SSSR count). The molecule has 140 valence electrons. The van der Waals surface area contributed by atoms with Crippen molar-refractivity contribution in [2.75, 3.05) is 0 Å². The molecule has 1 aliphatic carbocycles. The van der Waals surface area contributed by atoms with Crippen LogP contribution in [0.15, 0.2) is 28.9 Å². The smallest absolute Gasteiger partial charge is 0.198 e. The molecule has 0 aliphatic heterocycles. The van der Waals surface area contributed by atoms with E-state index in [0.29, 0.717) is 16.9 Å². The zero-order valence-corrected chi connectivity index (χ0v) is 15.3. The molecule has 10 heteroatoms. The van der Waals surface area contributed by atoms with Gasteiger partial charge in [-0.25, -0.2) is 4.21 Å². The summed E-state index contributed by atoms with van der Waals surface area (Å²) in [5.41, 5.74) is 1.24. The molecule has 1 fully saturated rings. The molecule has 1 aromatic carbocycles. The van der Waals surface area contributed by atoms with Crippen LogP contribution in [-0.4, -0.2) is 28.5 Å². The predicted molar refractivity (Wildman–Crippen MR) is 89.4 cm³/mol. The second kappa shape index (κ2) is 7.89. The number of hydrogen-bond acceptors (Lipinski definition) is 8. The summed E-state index contributed by atoms with van der Waals surface area (Å²) in [6.07, 6.45) is 2.23. The number of rotatable bonds is 8. The van der Waals surface area contributed by atoms with Crippen LogP contribution in [0.5, 0.6) is 0 Å². The number of benzene rings is 1. The molecular formula is C16H15NO7S2-2. The van der Waals surface area contributed by atoms with E-state index in [1.165, 1.54) is 31.3 Å². The average molecular weight is 397 g/mol. The lowest BCUT2D eigenvalue weighted by atomic mass is 9.94. The van der Waals surface area contributed by atoms with Crippen LogP contribution in [0.2, 0.25) is 0 Å². The summed E-state index contributed by atoms with van der Waals surface area (Å²) < 4.78 is 53.6. The van der Waals surface area contributed by atoms with Crippen LogP contribution >= 0.6 is 0 Å². The Morgan fingerprint density at radius 2 is 2.08 bits per heavy atom. The van der Waals surface area contributed by atoms with Gasteiger partial charge in [-0.05, 0) is 30.9 Å². The van der Waals surface area contributed by atoms with Crippen molar-refractivity contribution >= 4 is 28.2 Å². The maximum atomic E-state index is 13.0.